The van der Waals surface area contributed by atoms with Crippen molar-refractivity contribution >= 4 is 0 Å². The second-order valence-electron chi connectivity index (χ2n) is 6.17. The number of nitrogens with two attached hydrogens (primary N) is 1. The highest BCUT2D eigenvalue weighted by Crippen LogP contribution is 2.33. The van der Waals surface area contributed by atoms with Crippen LogP contribution in [-0.2, 0) is 0 Å². The van der Waals surface area contributed by atoms with Gasteiger partial charge in [-0.25, -0.2) is 0 Å². The summed E-state index contributed by atoms with van der Waals surface area (Å²) in [5.41, 5.74) is 6.38. The van der Waals surface area contributed by atoms with Crippen molar-refractivity contribution in [3.63, 3.8) is 0 Å². The normalized spacial score (nSPS) is 36.2. The van der Waals surface area contributed by atoms with Gasteiger partial charge in [0, 0.05) is 31.2 Å². The maximum absolute atomic E-state index is 6.12. The molecule has 2 heterocycles. The van der Waals surface area contributed by atoms with Crippen LogP contribution in [-0.4, -0.2) is 80.1 Å². The first-order valence-corrected chi connectivity index (χ1v) is 6.87. The Kier molecular flexibility index (Phi) is 4.08. The molecule has 0 radical (unpaired) electrons. The van der Waals surface area contributed by atoms with Gasteiger partial charge < -0.3 is 15.5 Å². The zero-order chi connectivity index (χ0) is 12.5. The van der Waals surface area contributed by atoms with E-state index >= 15 is 0 Å². The molecule has 2 aliphatic heterocycles. The van der Waals surface area contributed by atoms with E-state index in [1.54, 1.807) is 0 Å². The summed E-state index contributed by atoms with van der Waals surface area (Å²) in [7, 11) is 6.56. The molecule has 0 aromatic rings. The third-order valence-corrected chi connectivity index (χ3v) is 4.47. The largest absolute Gasteiger partial charge is 0.329 e. The molecule has 2 fully saturated rings. The molecule has 2 atom stereocenters. The van der Waals surface area contributed by atoms with E-state index in [4.69, 9.17) is 5.73 Å². The highest BCUT2D eigenvalue weighted by atomic mass is 15.3. The van der Waals surface area contributed by atoms with Gasteiger partial charge in [0.1, 0.15) is 0 Å². The molecule has 0 bridgehead atoms. The third kappa shape index (κ3) is 2.65. The summed E-state index contributed by atoms with van der Waals surface area (Å²) in [6, 6.07) is 0.708. The molecule has 0 aliphatic carbocycles. The van der Waals surface area contributed by atoms with Crippen molar-refractivity contribution in [2.24, 2.45) is 5.73 Å². The summed E-state index contributed by atoms with van der Waals surface area (Å²) in [6.45, 7) is 5.56. The molecule has 4 nitrogen and oxygen atoms in total. The summed E-state index contributed by atoms with van der Waals surface area (Å²) in [4.78, 5) is 7.46. The maximum atomic E-state index is 6.12. The predicted octanol–water partition coefficient (Wildman–Crippen LogP) is 0.0454. The average Bonchev–Trinajstić information content (AvgIpc) is 2.85. The van der Waals surface area contributed by atoms with Crippen molar-refractivity contribution in [1.29, 1.82) is 0 Å². The number of likely N-dealkylation sites (tertiary alicyclic amines) is 2. The van der Waals surface area contributed by atoms with Crippen LogP contribution >= 0.6 is 0 Å². The quantitative estimate of drug-likeness (QED) is 0.753. The van der Waals surface area contributed by atoms with Gasteiger partial charge in [-0.3, -0.25) is 4.90 Å². The molecule has 100 valence electrons. The van der Waals surface area contributed by atoms with Gasteiger partial charge in [-0.2, -0.15) is 0 Å². The Morgan fingerprint density at radius 1 is 1.35 bits per heavy atom. The molecule has 0 aromatic heterocycles. The van der Waals surface area contributed by atoms with Crippen molar-refractivity contribution < 1.29 is 0 Å². The summed E-state index contributed by atoms with van der Waals surface area (Å²) in [5, 5.41) is 0. The van der Waals surface area contributed by atoms with E-state index in [0.29, 0.717) is 6.04 Å². The summed E-state index contributed by atoms with van der Waals surface area (Å²) < 4.78 is 0. The van der Waals surface area contributed by atoms with Crippen LogP contribution in [0.5, 0.6) is 0 Å². The monoisotopic (exact) mass is 240 g/mol. The Morgan fingerprint density at radius 2 is 2.12 bits per heavy atom. The van der Waals surface area contributed by atoms with E-state index in [2.05, 4.69) is 35.8 Å². The summed E-state index contributed by atoms with van der Waals surface area (Å²) in [5.74, 6) is 0. The Bertz CT molecular complexity index is 256. The fourth-order valence-electron chi connectivity index (χ4n) is 3.65. The Labute approximate surface area is 106 Å². The van der Waals surface area contributed by atoms with Gasteiger partial charge >= 0.3 is 0 Å². The van der Waals surface area contributed by atoms with Crippen LogP contribution in [0.3, 0.4) is 0 Å². The molecule has 0 saturated carbocycles. The number of rotatable bonds is 4. The van der Waals surface area contributed by atoms with Crippen LogP contribution in [0.1, 0.15) is 19.3 Å². The van der Waals surface area contributed by atoms with Gasteiger partial charge in [0.2, 0.25) is 0 Å². The van der Waals surface area contributed by atoms with Crippen molar-refractivity contribution in [3.8, 4) is 0 Å². The molecule has 2 saturated heterocycles. The summed E-state index contributed by atoms with van der Waals surface area (Å²) in [6.07, 6.45) is 3.91. The molecular formula is C13H28N4. The smallest absolute Gasteiger partial charge is 0.0473 e. The first kappa shape index (κ1) is 13.3. The van der Waals surface area contributed by atoms with Gasteiger partial charge in [0.15, 0.2) is 0 Å². The van der Waals surface area contributed by atoms with Crippen LogP contribution in [0.15, 0.2) is 0 Å². The van der Waals surface area contributed by atoms with Gasteiger partial charge in [0.25, 0.3) is 0 Å². The molecule has 17 heavy (non-hydrogen) atoms. The third-order valence-electron chi connectivity index (χ3n) is 4.47. The van der Waals surface area contributed by atoms with Crippen LogP contribution in [0.2, 0.25) is 0 Å². The second-order valence-corrected chi connectivity index (χ2v) is 6.17. The highest BCUT2D eigenvalue weighted by Gasteiger charge is 2.45. The Hall–Kier alpha value is -0.160. The lowest BCUT2D eigenvalue weighted by Gasteiger charge is -2.42. The van der Waals surface area contributed by atoms with E-state index in [-0.39, 0.29) is 5.54 Å². The van der Waals surface area contributed by atoms with Crippen molar-refractivity contribution in [2.75, 3.05) is 53.9 Å². The Balaban J connectivity index is 2.08. The zero-order valence-corrected chi connectivity index (χ0v) is 11.7. The zero-order valence-electron chi connectivity index (χ0n) is 11.7. The second kappa shape index (κ2) is 5.22. The fourth-order valence-corrected chi connectivity index (χ4v) is 3.65. The molecule has 4 heteroatoms. The minimum Gasteiger partial charge on any atom is -0.329 e. The van der Waals surface area contributed by atoms with Crippen molar-refractivity contribution in [3.05, 3.63) is 0 Å². The lowest BCUT2D eigenvalue weighted by Crippen LogP contribution is -2.58. The van der Waals surface area contributed by atoms with Gasteiger partial charge in [-0.05, 0) is 53.5 Å². The SMILES string of the molecule is CN(C)CC1CCCN1C1(CN)CCN(C)C1. The van der Waals surface area contributed by atoms with Gasteiger partial charge in [0.05, 0.1) is 0 Å². The molecule has 2 aliphatic rings. The lowest BCUT2D eigenvalue weighted by atomic mass is 9.95. The summed E-state index contributed by atoms with van der Waals surface area (Å²) >= 11 is 0. The standard InChI is InChI=1S/C13H28N4/c1-15(2)9-12-5-4-7-17(12)13(10-14)6-8-16(3)11-13/h12H,4-11,14H2,1-3H3. The first-order chi connectivity index (χ1) is 8.07. The molecule has 0 spiro atoms. The molecule has 2 unspecified atom stereocenters. The van der Waals surface area contributed by atoms with Gasteiger partial charge in [-0.15, -0.1) is 0 Å². The Morgan fingerprint density at radius 3 is 2.65 bits per heavy atom. The minimum absolute atomic E-state index is 0.256. The van der Waals surface area contributed by atoms with Crippen LogP contribution in [0.25, 0.3) is 0 Å². The molecule has 0 aromatic carbocycles. The number of nitrogens with zero attached hydrogens (tertiary/aromatic N) is 3. The molecular weight excluding hydrogens is 212 g/mol. The van der Waals surface area contributed by atoms with E-state index in [0.717, 1.165) is 13.1 Å². The maximum Gasteiger partial charge on any atom is 0.0473 e. The van der Waals surface area contributed by atoms with E-state index in [9.17, 15) is 0 Å². The van der Waals surface area contributed by atoms with E-state index < -0.39 is 0 Å². The number of hydrogen-bond acceptors (Lipinski definition) is 4. The van der Waals surface area contributed by atoms with Crippen LogP contribution in [0, 0.1) is 0 Å². The molecule has 2 rings (SSSR count). The fraction of sp³-hybridized carbons (Fsp3) is 1.00. The van der Waals surface area contributed by atoms with Crippen LogP contribution in [0.4, 0.5) is 0 Å². The van der Waals surface area contributed by atoms with Crippen molar-refractivity contribution in [2.45, 2.75) is 30.8 Å². The first-order valence-electron chi connectivity index (χ1n) is 6.87. The van der Waals surface area contributed by atoms with E-state index in [1.807, 2.05) is 0 Å². The van der Waals surface area contributed by atoms with Gasteiger partial charge in [-0.1, -0.05) is 0 Å². The van der Waals surface area contributed by atoms with Crippen LogP contribution < -0.4 is 5.73 Å². The predicted molar refractivity (Wildman–Crippen MR) is 72.2 cm³/mol. The molecule has 2 N–H and O–H groups in total. The van der Waals surface area contributed by atoms with Crippen molar-refractivity contribution in [1.82, 2.24) is 14.7 Å². The lowest BCUT2D eigenvalue weighted by molar-refractivity contribution is 0.0749. The average molecular weight is 240 g/mol. The topological polar surface area (TPSA) is 35.7 Å². The number of likely N-dealkylation sites (N-methyl/N-ethyl adjacent to an activating group) is 2. The molecule has 0 amide bonds. The highest BCUT2D eigenvalue weighted by molar-refractivity contribution is 5.03. The number of hydrogen-bond donors (Lipinski definition) is 1. The van der Waals surface area contributed by atoms with E-state index in [1.165, 1.54) is 38.9 Å². The minimum atomic E-state index is 0.256.